The van der Waals surface area contributed by atoms with Gasteiger partial charge in [-0.2, -0.15) is 5.10 Å². The summed E-state index contributed by atoms with van der Waals surface area (Å²) in [6, 6.07) is 12.3. The molecule has 1 aliphatic heterocycles. The number of aryl methyl sites for hydroxylation is 1. The van der Waals surface area contributed by atoms with Gasteiger partial charge in [0.1, 0.15) is 5.69 Å². The lowest BCUT2D eigenvalue weighted by Gasteiger charge is -2.33. The fraction of sp³-hybridized carbons (Fsp3) is 0.375. The quantitative estimate of drug-likeness (QED) is 0.936. The van der Waals surface area contributed by atoms with Crippen molar-refractivity contribution < 1.29 is 4.79 Å². The van der Waals surface area contributed by atoms with Gasteiger partial charge in [-0.05, 0) is 31.0 Å². The van der Waals surface area contributed by atoms with E-state index in [2.05, 4.69) is 34.3 Å². The standard InChI is InChI=1S/C16H20N4O/c1-19-15(16(17)21)10-14(18-19)12-6-5-9-20(11-12)13-7-3-2-4-8-13/h2-4,7-8,10,12H,5-6,9,11H2,1H3,(H2,17,21). The molecule has 2 N–H and O–H groups in total. The molecule has 0 spiro atoms. The van der Waals surface area contributed by atoms with Crippen molar-refractivity contribution in [2.45, 2.75) is 18.8 Å². The number of rotatable bonds is 3. The highest BCUT2D eigenvalue weighted by Gasteiger charge is 2.24. The first-order valence-electron chi connectivity index (χ1n) is 7.29. The highest BCUT2D eigenvalue weighted by Crippen LogP contribution is 2.29. The van der Waals surface area contributed by atoms with Crippen molar-refractivity contribution in [2.75, 3.05) is 18.0 Å². The lowest BCUT2D eigenvalue weighted by atomic mass is 9.94. The predicted octanol–water partition coefficient (Wildman–Crippen LogP) is 1.90. The minimum Gasteiger partial charge on any atom is -0.371 e. The van der Waals surface area contributed by atoms with Gasteiger partial charge in [0.05, 0.1) is 5.69 Å². The molecule has 5 nitrogen and oxygen atoms in total. The zero-order valence-electron chi connectivity index (χ0n) is 12.2. The Labute approximate surface area is 124 Å². The molecule has 1 atom stereocenters. The second-order valence-electron chi connectivity index (χ2n) is 5.56. The van der Waals surface area contributed by atoms with E-state index in [1.54, 1.807) is 11.7 Å². The number of para-hydroxylation sites is 1. The average Bonchev–Trinajstić information content (AvgIpc) is 2.91. The Balaban J connectivity index is 1.80. The molecule has 0 radical (unpaired) electrons. The minimum atomic E-state index is -0.424. The van der Waals surface area contributed by atoms with E-state index in [-0.39, 0.29) is 0 Å². The monoisotopic (exact) mass is 284 g/mol. The number of nitrogens with zero attached hydrogens (tertiary/aromatic N) is 3. The minimum absolute atomic E-state index is 0.346. The summed E-state index contributed by atoms with van der Waals surface area (Å²) in [5.74, 6) is -0.0785. The Morgan fingerprint density at radius 2 is 2.10 bits per heavy atom. The molecule has 2 heterocycles. The van der Waals surface area contributed by atoms with Gasteiger partial charge in [0.25, 0.3) is 5.91 Å². The lowest BCUT2D eigenvalue weighted by molar-refractivity contribution is 0.0991. The van der Waals surface area contributed by atoms with Gasteiger partial charge < -0.3 is 10.6 Å². The first-order chi connectivity index (χ1) is 10.1. The van der Waals surface area contributed by atoms with E-state index in [4.69, 9.17) is 5.73 Å². The third kappa shape index (κ3) is 2.77. The number of piperidine rings is 1. The van der Waals surface area contributed by atoms with Crippen molar-refractivity contribution in [1.82, 2.24) is 9.78 Å². The van der Waals surface area contributed by atoms with Gasteiger partial charge >= 0.3 is 0 Å². The van der Waals surface area contributed by atoms with Crippen LogP contribution in [0.25, 0.3) is 0 Å². The van der Waals surface area contributed by atoms with Gasteiger partial charge in [0.2, 0.25) is 0 Å². The molecule has 0 saturated carbocycles. The third-order valence-corrected chi connectivity index (χ3v) is 4.11. The maximum absolute atomic E-state index is 11.4. The summed E-state index contributed by atoms with van der Waals surface area (Å²) in [6.45, 7) is 2.00. The molecule has 1 aromatic carbocycles. The van der Waals surface area contributed by atoms with Crippen LogP contribution < -0.4 is 10.6 Å². The zero-order chi connectivity index (χ0) is 14.8. The van der Waals surface area contributed by atoms with Crippen LogP contribution in [0.15, 0.2) is 36.4 Å². The van der Waals surface area contributed by atoms with Crippen LogP contribution in [0.2, 0.25) is 0 Å². The molecule has 0 aliphatic carbocycles. The van der Waals surface area contributed by atoms with E-state index in [1.165, 1.54) is 5.69 Å². The molecule has 1 amide bonds. The molecule has 1 unspecified atom stereocenters. The first kappa shape index (κ1) is 13.7. The van der Waals surface area contributed by atoms with E-state index >= 15 is 0 Å². The molecule has 1 aromatic heterocycles. The second-order valence-corrected chi connectivity index (χ2v) is 5.56. The van der Waals surface area contributed by atoms with E-state index in [0.29, 0.717) is 11.6 Å². The summed E-state index contributed by atoms with van der Waals surface area (Å²) in [5.41, 5.74) is 8.05. The molecule has 5 heteroatoms. The van der Waals surface area contributed by atoms with Crippen LogP contribution in [0.3, 0.4) is 0 Å². The molecule has 1 fully saturated rings. The normalized spacial score (nSPS) is 18.7. The van der Waals surface area contributed by atoms with Gasteiger partial charge in [-0.25, -0.2) is 0 Å². The number of nitrogens with two attached hydrogens (primary N) is 1. The van der Waals surface area contributed by atoms with E-state index in [9.17, 15) is 4.79 Å². The van der Waals surface area contributed by atoms with Crippen LogP contribution in [0.5, 0.6) is 0 Å². The van der Waals surface area contributed by atoms with Crippen molar-refractivity contribution in [1.29, 1.82) is 0 Å². The molecular formula is C16H20N4O. The molecule has 0 bridgehead atoms. The number of aromatic nitrogens is 2. The van der Waals surface area contributed by atoms with Gasteiger partial charge in [-0.15, -0.1) is 0 Å². The fourth-order valence-corrected chi connectivity index (χ4v) is 3.01. The van der Waals surface area contributed by atoms with Crippen LogP contribution in [0.1, 0.15) is 34.9 Å². The Kier molecular flexibility index (Phi) is 3.64. The lowest BCUT2D eigenvalue weighted by Crippen LogP contribution is -2.34. The fourth-order valence-electron chi connectivity index (χ4n) is 3.01. The summed E-state index contributed by atoms with van der Waals surface area (Å²) in [6.07, 6.45) is 2.22. The van der Waals surface area contributed by atoms with Crippen molar-refractivity contribution in [2.24, 2.45) is 12.8 Å². The smallest absolute Gasteiger partial charge is 0.266 e. The second kappa shape index (κ2) is 5.60. The first-order valence-corrected chi connectivity index (χ1v) is 7.29. The Morgan fingerprint density at radius 3 is 2.76 bits per heavy atom. The maximum atomic E-state index is 11.4. The number of hydrogen-bond acceptors (Lipinski definition) is 3. The number of carbonyl (C=O) groups excluding carboxylic acids is 1. The van der Waals surface area contributed by atoms with Crippen LogP contribution in [-0.4, -0.2) is 28.8 Å². The number of carbonyl (C=O) groups is 1. The van der Waals surface area contributed by atoms with Gasteiger partial charge in [0, 0.05) is 31.7 Å². The van der Waals surface area contributed by atoms with Crippen molar-refractivity contribution in [3.63, 3.8) is 0 Å². The van der Waals surface area contributed by atoms with Crippen LogP contribution in [0, 0.1) is 0 Å². The van der Waals surface area contributed by atoms with Gasteiger partial charge in [-0.1, -0.05) is 18.2 Å². The van der Waals surface area contributed by atoms with Crippen molar-refractivity contribution in [3.8, 4) is 0 Å². The Hall–Kier alpha value is -2.30. The molecular weight excluding hydrogens is 264 g/mol. The highest BCUT2D eigenvalue weighted by atomic mass is 16.1. The Morgan fingerprint density at radius 1 is 1.33 bits per heavy atom. The maximum Gasteiger partial charge on any atom is 0.266 e. The summed E-state index contributed by atoms with van der Waals surface area (Å²) >= 11 is 0. The number of amides is 1. The van der Waals surface area contributed by atoms with Gasteiger partial charge in [0.15, 0.2) is 0 Å². The van der Waals surface area contributed by atoms with E-state index in [0.717, 1.165) is 31.6 Å². The molecule has 3 rings (SSSR count). The number of hydrogen-bond donors (Lipinski definition) is 1. The molecule has 21 heavy (non-hydrogen) atoms. The summed E-state index contributed by atoms with van der Waals surface area (Å²) in [7, 11) is 1.77. The SMILES string of the molecule is Cn1nc(C2CCCN(c3ccccc3)C2)cc1C(N)=O. The largest absolute Gasteiger partial charge is 0.371 e. The average molecular weight is 284 g/mol. The predicted molar refractivity (Wildman–Crippen MR) is 82.4 cm³/mol. The molecule has 1 aliphatic rings. The zero-order valence-corrected chi connectivity index (χ0v) is 12.2. The summed E-state index contributed by atoms with van der Waals surface area (Å²) in [5, 5.41) is 4.47. The number of anilines is 1. The van der Waals surface area contributed by atoms with Crippen molar-refractivity contribution in [3.05, 3.63) is 47.8 Å². The molecule has 2 aromatic rings. The van der Waals surface area contributed by atoms with Crippen LogP contribution in [-0.2, 0) is 7.05 Å². The Bertz CT molecular complexity index is 635. The summed E-state index contributed by atoms with van der Waals surface area (Å²) < 4.78 is 1.58. The van der Waals surface area contributed by atoms with E-state index in [1.807, 2.05) is 12.1 Å². The van der Waals surface area contributed by atoms with E-state index < -0.39 is 5.91 Å². The van der Waals surface area contributed by atoms with Crippen molar-refractivity contribution >= 4 is 11.6 Å². The topological polar surface area (TPSA) is 64.2 Å². The molecule has 110 valence electrons. The third-order valence-electron chi connectivity index (χ3n) is 4.11. The van der Waals surface area contributed by atoms with Crippen LogP contribution >= 0.6 is 0 Å². The molecule has 1 saturated heterocycles. The van der Waals surface area contributed by atoms with Crippen LogP contribution in [0.4, 0.5) is 5.69 Å². The van der Waals surface area contributed by atoms with Gasteiger partial charge in [-0.3, -0.25) is 9.48 Å². The highest BCUT2D eigenvalue weighted by molar-refractivity contribution is 5.91. The number of primary amides is 1. The summed E-state index contributed by atoms with van der Waals surface area (Å²) in [4.78, 5) is 13.7. The number of benzene rings is 1.